The third-order valence-electron chi connectivity index (χ3n) is 3.24. The number of amides is 1. The molecule has 0 fully saturated rings. The Labute approximate surface area is 142 Å². The second-order valence-electron chi connectivity index (χ2n) is 4.75. The van der Waals surface area contributed by atoms with Crippen molar-refractivity contribution in [2.75, 3.05) is 7.11 Å². The molecule has 7 heteroatoms. The number of hydrogen-bond donors (Lipinski definition) is 1. The highest BCUT2D eigenvalue weighted by molar-refractivity contribution is 7.21. The Balaban J connectivity index is 1.72. The Morgan fingerprint density at radius 2 is 2.22 bits per heavy atom. The molecule has 5 nitrogen and oxygen atoms in total. The minimum atomic E-state index is -0.208. The lowest BCUT2D eigenvalue weighted by Crippen LogP contribution is -2.23. The molecule has 0 bridgehead atoms. The number of aromatic nitrogens is 2. The van der Waals surface area contributed by atoms with Crippen molar-refractivity contribution < 1.29 is 9.53 Å². The smallest absolute Gasteiger partial charge is 0.257 e. The van der Waals surface area contributed by atoms with Gasteiger partial charge >= 0.3 is 0 Å². The maximum absolute atomic E-state index is 12.3. The number of hydrogen-bond acceptors (Lipinski definition) is 6. The van der Waals surface area contributed by atoms with Gasteiger partial charge in [-0.2, -0.15) is 0 Å². The van der Waals surface area contributed by atoms with Crippen molar-refractivity contribution in [2.24, 2.45) is 0 Å². The van der Waals surface area contributed by atoms with Gasteiger partial charge in [-0.3, -0.25) is 4.79 Å². The van der Waals surface area contributed by atoms with E-state index in [1.165, 1.54) is 7.11 Å². The predicted molar refractivity (Wildman–Crippen MR) is 92.1 cm³/mol. The Morgan fingerprint density at radius 1 is 1.35 bits per heavy atom. The molecule has 0 spiro atoms. The fraction of sp³-hybridized carbons (Fsp3) is 0.188. The van der Waals surface area contributed by atoms with E-state index >= 15 is 0 Å². The van der Waals surface area contributed by atoms with Crippen molar-refractivity contribution >= 4 is 28.6 Å². The molecule has 0 aromatic carbocycles. The highest BCUT2D eigenvalue weighted by Crippen LogP contribution is 2.31. The molecule has 23 heavy (non-hydrogen) atoms. The van der Waals surface area contributed by atoms with Crippen molar-refractivity contribution in [3.8, 4) is 15.8 Å². The Morgan fingerprint density at radius 3 is 2.96 bits per heavy atom. The summed E-state index contributed by atoms with van der Waals surface area (Å²) in [6.07, 6.45) is 1.59. The van der Waals surface area contributed by atoms with Crippen LogP contribution in [0, 0.1) is 6.92 Å². The summed E-state index contributed by atoms with van der Waals surface area (Å²) < 4.78 is 5.11. The summed E-state index contributed by atoms with van der Waals surface area (Å²) in [7, 11) is 1.50. The van der Waals surface area contributed by atoms with Gasteiger partial charge in [0.1, 0.15) is 10.6 Å². The molecule has 0 unspecified atom stereocenters. The van der Waals surface area contributed by atoms with E-state index in [0.29, 0.717) is 18.0 Å². The standard InChI is InChI=1S/C16H15N3O2S2/c1-10-13(23-16(19-10)12-6-4-8-22-12)9-18-14(20)11-5-3-7-17-15(11)21-2/h3-8H,9H2,1-2H3,(H,18,20). The summed E-state index contributed by atoms with van der Waals surface area (Å²) in [5, 5.41) is 5.92. The lowest BCUT2D eigenvalue weighted by molar-refractivity contribution is 0.0947. The average molecular weight is 345 g/mol. The molecule has 1 amide bonds. The molecule has 0 aliphatic heterocycles. The molecule has 3 heterocycles. The third kappa shape index (κ3) is 3.40. The number of carbonyl (C=O) groups is 1. The van der Waals surface area contributed by atoms with Gasteiger partial charge in [-0.15, -0.1) is 22.7 Å². The van der Waals surface area contributed by atoms with Crippen LogP contribution in [0.1, 0.15) is 20.9 Å². The predicted octanol–water partition coefficient (Wildman–Crippen LogP) is 3.51. The maximum atomic E-state index is 12.3. The summed E-state index contributed by atoms with van der Waals surface area (Å²) in [5.74, 6) is 0.116. The van der Waals surface area contributed by atoms with E-state index in [9.17, 15) is 4.79 Å². The molecular weight excluding hydrogens is 330 g/mol. The number of thiophene rings is 1. The summed E-state index contributed by atoms with van der Waals surface area (Å²) in [6, 6.07) is 7.46. The largest absolute Gasteiger partial charge is 0.480 e. The molecule has 3 rings (SSSR count). The van der Waals surface area contributed by atoms with Crippen molar-refractivity contribution in [1.29, 1.82) is 0 Å². The fourth-order valence-electron chi connectivity index (χ4n) is 2.08. The summed E-state index contributed by atoms with van der Waals surface area (Å²) in [6.45, 7) is 2.39. The first-order valence-electron chi connectivity index (χ1n) is 6.96. The second-order valence-corrected chi connectivity index (χ2v) is 6.78. The average Bonchev–Trinajstić information content (AvgIpc) is 3.22. The molecule has 0 aliphatic carbocycles. The van der Waals surface area contributed by atoms with Crippen LogP contribution in [0.3, 0.4) is 0 Å². The highest BCUT2D eigenvalue weighted by atomic mass is 32.1. The number of methoxy groups -OCH3 is 1. The van der Waals surface area contributed by atoms with Crippen LogP contribution < -0.4 is 10.1 Å². The van der Waals surface area contributed by atoms with E-state index < -0.39 is 0 Å². The summed E-state index contributed by atoms with van der Waals surface area (Å²) in [5.41, 5.74) is 1.37. The van der Waals surface area contributed by atoms with Crippen LogP contribution in [0.5, 0.6) is 5.88 Å². The first-order valence-corrected chi connectivity index (χ1v) is 8.66. The molecule has 118 valence electrons. The van der Waals surface area contributed by atoms with Crippen molar-refractivity contribution in [1.82, 2.24) is 15.3 Å². The van der Waals surface area contributed by atoms with E-state index in [4.69, 9.17) is 4.74 Å². The van der Waals surface area contributed by atoms with E-state index in [-0.39, 0.29) is 5.91 Å². The van der Waals surface area contributed by atoms with E-state index in [0.717, 1.165) is 20.5 Å². The van der Waals surface area contributed by atoms with Gasteiger partial charge in [-0.05, 0) is 30.5 Å². The topological polar surface area (TPSA) is 64.1 Å². The van der Waals surface area contributed by atoms with Crippen LogP contribution in [0.25, 0.3) is 9.88 Å². The monoisotopic (exact) mass is 345 g/mol. The van der Waals surface area contributed by atoms with Gasteiger partial charge in [-0.1, -0.05) is 6.07 Å². The molecule has 0 radical (unpaired) electrons. The summed E-state index contributed by atoms with van der Waals surface area (Å²) >= 11 is 3.26. The van der Waals surface area contributed by atoms with Gasteiger partial charge in [0.15, 0.2) is 0 Å². The van der Waals surface area contributed by atoms with Crippen LogP contribution in [0.2, 0.25) is 0 Å². The first-order chi connectivity index (χ1) is 11.2. The number of thiazole rings is 1. The molecule has 3 aromatic rings. The van der Waals surface area contributed by atoms with Gasteiger partial charge in [-0.25, -0.2) is 9.97 Å². The van der Waals surface area contributed by atoms with E-state index in [2.05, 4.69) is 15.3 Å². The number of carbonyl (C=O) groups excluding carboxylic acids is 1. The van der Waals surface area contributed by atoms with Gasteiger partial charge in [0.25, 0.3) is 5.91 Å². The number of nitrogens with zero attached hydrogens (tertiary/aromatic N) is 2. The van der Waals surface area contributed by atoms with Crippen molar-refractivity contribution in [3.63, 3.8) is 0 Å². The molecule has 1 N–H and O–H groups in total. The summed E-state index contributed by atoms with van der Waals surface area (Å²) in [4.78, 5) is 23.1. The molecule has 3 aromatic heterocycles. The second kappa shape index (κ2) is 6.89. The van der Waals surface area contributed by atoms with Crippen LogP contribution in [-0.4, -0.2) is 23.0 Å². The lowest BCUT2D eigenvalue weighted by Gasteiger charge is -2.07. The van der Waals surface area contributed by atoms with Crippen molar-refractivity contribution in [2.45, 2.75) is 13.5 Å². The number of aryl methyl sites for hydroxylation is 1. The quantitative estimate of drug-likeness (QED) is 0.768. The highest BCUT2D eigenvalue weighted by Gasteiger charge is 2.15. The fourth-order valence-corrected chi connectivity index (χ4v) is 3.88. The molecular formula is C16H15N3O2S2. The first kappa shape index (κ1) is 15.6. The zero-order chi connectivity index (χ0) is 16.2. The molecule has 0 saturated carbocycles. The van der Waals surface area contributed by atoms with Crippen LogP contribution in [0.15, 0.2) is 35.8 Å². The van der Waals surface area contributed by atoms with Crippen LogP contribution in [0.4, 0.5) is 0 Å². The lowest BCUT2D eigenvalue weighted by atomic mass is 10.2. The van der Waals surface area contributed by atoms with E-state index in [1.807, 2.05) is 24.4 Å². The number of ether oxygens (including phenoxy) is 1. The zero-order valence-corrected chi connectivity index (χ0v) is 14.3. The van der Waals surface area contributed by atoms with Gasteiger partial charge in [0, 0.05) is 11.1 Å². The Bertz CT molecular complexity index is 813. The SMILES string of the molecule is COc1ncccc1C(=O)NCc1sc(-c2cccs2)nc1C. The Kier molecular flexibility index (Phi) is 4.68. The maximum Gasteiger partial charge on any atom is 0.257 e. The van der Waals surface area contributed by atoms with Crippen LogP contribution in [-0.2, 0) is 6.54 Å². The van der Waals surface area contributed by atoms with Gasteiger partial charge in [0.05, 0.1) is 24.2 Å². The van der Waals surface area contributed by atoms with E-state index in [1.54, 1.807) is 41.0 Å². The third-order valence-corrected chi connectivity index (χ3v) is 5.44. The number of rotatable bonds is 5. The van der Waals surface area contributed by atoms with Crippen molar-refractivity contribution in [3.05, 3.63) is 52.0 Å². The molecule has 0 atom stereocenters. The molecule has 0 saturated heterocycles. The molecule has 0 aliphatic rings. The minimum Gasteiger partial charge on any atom is -0.480 e. The minimum absolute atomic E-state index is 0.208. The Hall–Kier alpha value is -2.25. The van der Waals surface area contributed by atoms with Gasteiger partial charge in [0.2, 0.25) is 5.88 Å². The zero-order valence-electron chi connectivity index (χ0n) is 12.7. The van der Waals surface area contributed by atoms with Crippen LogP contribution >= 0.6 is 22.7 Å². The number of pyridine rings is 1. The number of nitrogens with one attached hydrogen (secondary N) is 1. The normalized spacial score (nSPS) is 10.5. The van der Waals surface area contributed by atoms with Gasteiger partial charge < -0.3 is 10.1 Å².